The van der Waals surface area contributed by atoms with E-state index in [-0.39, 0.29) is 0 Å². The molecular formula is C20H22F2N2O2S. The minimum atomic E-state index is -3.87. The van der Waals surface area contributed by atoms with Crippen molar-refractivity contribution in [1.29, 1.82) is 0 Å². The van der Waals surface area contributed by atoms with E-state index in [1.165, 1.54) is 0 Å². The quantitative estimate of drug-likeness (QED) is 0.741. The minimum absolute atomic E-state index is 0.466. The fourth-order valence-corrected chi connectivity index (χ4v) is 5.35. The van der Waals surface area contributed by atoms with Crippen molar-refractivity contribution >= 4 is 10.0 Å². The Bertz CT molecular complexity index is 887. The van der Waals surface area contributed by atoms with E-state index in [0.717, 1.165) is 12.8 Å². The molecule has 2 aliphatic rings. The third kappa shape index (κ3) is 4.19. The van der Waals surface area contributed by atoms with E-state index in [1.807, 2.05) is 0 Å². The van der Waals surface area contributed by atoms with Gasteiger partial charge in [-0.25, -0.2) is 21.9 Å². The molecule has 0 radical (unpaired) electrons. The third-order valence-corrected chi connectivity index (χ3v) is 6.83. The predicted molar refractivity (Wildman–Crippen MR) is 98.9 cm³/mol. The van der Waals surface area contributed by atoms with Crippen molar-refractivity contribution in [1.82, 2.24) is 9.71 Å². The molecule has 2 aromatic rings. The summed E-state index contributed by atoms with van der Waals surface area (Å²) in [5, 5.41) is 0. The number of sulfonamides is 1. The number of nitrogens with one attached hydrogen (secondary N) is 1. The lowest BCUT2D eigenvalue weighted by Gasteiger charge is -2.18. The average molecular weight is 392 g/mol. The maximum Gasteiger partial charge on any atom is 0.260 e. The Morgan fingerprint density at radius 1 is 1.11 bits per heavy atom. The van der Waals surface area contributed by atoms with Gasteiger partial charge in [-0.1, -0.05) is 49.2 Å². The summed E-state index contributed by atoms with van der Waals surface area (Å²) in [7, 11) is -3.87. The number of aromatic nitrogens is 1. The standard InChI is InChI=1S/C20H22F2N2O2S/c21-20(22)16(19(20)15-6-2-1-3-7-15)13-27(25,26)24-18(12-14-9-10-14)17-8-4-5-11-23-17/h1-8,11,14,16,18-19,24H,9-10,12-13H2/t16-,18?,19-/m0/s1. The summed E-state index contributed by atoms with van der Waals surface area (Å²) in [4.78, 5) is 4.25. The van der Waals surface area contributed by atoms with E-state index in [1.54, 1.807) is 54.7 Å². The lowest BCUT2D eigenvalue weighted by atomic mass is 10.1. The van der Waals surface area contributed by atoms with Gasteiger partial charge in [0.25, 0.3) is 5.92 Å². The van der Waals surface area contributed by atoms with Gasteiger partial charge >= 0.3 is 0 Å². The second-order valence-electron chi connectivity index (χ2n) is 7.55. The van der Waals surface area contributed by atoms with Gasteiger partial charge in [0.15, 0.2) is 0 Å². The topological polar surface area (TPSA) is 59.1 Å². The van der Waals surface area contributed by atoms with E-state index in [4.69, 9.17) is 0 Å². The Labute approximate surface area is 158 Å². The van der Waals surface area contributed by atoms with Crippen molar-refractivity contribution in [3.05, 3.63) is 66.0 Å². The van der Waals surface area contributed by atoms with E-state index < -0.39 is 39.6 Å². The van der Waals surface area contributed by atoms with Gasteiger partial charge in [0, 0.05) is 6.20 Å². The average Bonchev–Trinajstić information content (AvgIpc) is 3.54. The van der Waals surface area contributed by atoms with E-state index in [2.05, 4.69) is 9.71 Å². The first-order valence-electron chi connectivity index (χ1n) is 9.20. The second-order valence-corrected chi connectivity index (χ2v) is 9.35. The Morgan fingerprint density at radius 3 is 2.44 bits per heavy atom. The van der Waals surface area contributed by atoms with Gasteiger partial charge in [0.1, 0.15) is 0 Å². The van der Waals surface area contributed by atoms with Gasteiger partial charge < -0.3 is 0 Å². The molecule has 1 aromatic carbocycles. The highest BCUT2D eigenvalue weighted by Gasteiger charge is 2.69. The minimum Gasteiger partial charge on any atom is -0.260 e. The van der Waals surface area contributed by atoms with Gasteiger partial charge in [-0.15, -0.1) is 0 Å². The van der Waals surface area contributed by atoms with Gasteiger partial charge in [-0.2, -0.15) is 0 Å². The molecule has 0 saturated heterocycles. The van der Waals surface area contributed by atoms with Crippen molar-refractivity contribution in [2.24, 2.45) is 11.8 Å². The third-order valence-electron chi connectivity index (χ3n) is 5.39. The zero-order valence-electron chi connectivity index (χ0n) is 14.8. The zero-order chi connectivity index (χ0) is 19.1. The molecule has 0 bridgehead atoms. The van der Waals surface area contributed by atoms with Crippen LogP contribution in [0.5, 0.6) is 0 Å². The van der Waals surface area contributed by atoms with Crippen molar-refractivity contribution in [3.8, 4) is 0 Å². The SMILES string of the molecule is O=S(=O)(C[C@H]1[C@H](c2ccccc2)C1(F)F)NC(CC1CC1)c1ccccn1. The number of benzene rings is 1. The number of halogens is 2. The Kier molecular flexibility index (Phi) is 4.76. The highest BCUT2D eigenvalue weighted by atomic mass is 32.2. The van der Waals surface area contributed by atoms with E-state index in [9.17, 15) is 17.2 Å². The fourth-order valence-electron chi connectivity index (χ4n) is 3.71. The van der Waals surface area contributed by atoms with Crippen LogP contribution in [0.15, 0.2) is 54.7 Å². The number of rotatable bonds is 8. The molecule has 7 heteroatoms. The molecule has 1 heterocycles. The second kappa shape index (κ2) is 6.95. The van der Waals surface area contributed by atoms with Crippen LogP contribution in [-0.2, 0) is 10.0 Å². The molecule has 2 fully saturated rings. The van der Waals surface area contributed by atoms with Crippen molar-refractivity contribution < 1.29 is 17.2 Å². The highest BCUT2D eigenvalue weighted by molar-refractivity contribution is 7.89. The number of pyridine rings is 1. The van der Waals surface area contributed by atoms with Crippen LogP contribution in [0.1, 0.15) is 42.5 Å². The normalized spacial score (nSPS) is 25.1. The van der Waals surface area contributed by atoms with Crippen molar-refractivity contribution in [2.75, 3.05) is 5.75 Å². The molecule has 0 aliphatic heterocycles. The van der Waals surface area contributed by atoms with E-state index in [0.29, 0.717) is 23.6 Å². The zero-order valence-corrected chi connectivity index (χ0v) is 15.6. The number of nitrogens with zero attached hydrogens (tertiary/aromatic N) is 1. The monoisotopic (exact) mass is 392 g/mol. The van der Waals surface area contributed by atoms with Crippen LogP contribution in [0.4, 0.5) is 8.78 Å². The summed E-state index contributed by atoms with van der Waals surface area (Å²) in [5.74, 6) is -5.32. The molecule has 3 atom stereocenters. The lowest BCUT2D eigenvalue weighted by molar-refractivity contribution is 0.0967. The van der Waals surface area contributed by atoms with Crippen LogP contribution >= 0.6 is 0 Å². The Hall–Kier alpha value is -1.86. The maximum atomic E-state index is 14.3. The van der Waals surface area contributed by atoms with Crippen LogP contribution in [0.3, 0.4) is 0 Å². The molecule has 144 valence electrons. The van der Waals surface area contributed by atoms with Crippen LogP contribution in [0, 0.1) is 11.8 Å². The molecule has 1 unspecified atom stereocenters. The van der Waals surface area contributed by atoms with Gasteiger partial charge in [0.05, 0.1) is 29.3 Å². The molecule has 2 aliphatic carbocycles. The largest absolute Gasteiger partial charge is 0.260 e. The van der Waals surface area contributed by atoms with E-state index >= 15 is 0 Å². The smallest absolute Gasteiger partial charge is 0.260 e. The summed E-state index contributed by atoms with van der Waals surface area (Å²) in [5.41, 5.74) is 1.12. The molecule has 1 aromatic heterocycles. The predicted octanol–water partition coefficient (Wildman–Crippen LogP) is 3.89. The first kappa shape index (κ1) is 18.5. The van der Waals surface area contributed by atoms with Crippen LogP contribution in [0.2, 0.25) is 0 Å². The molecule has 1 N–H and O–H groups in total. The molecule has 4 nitrogen and oxygen atoms in total. The molecule has 4 rings (SSSR count). The first-order chi connectivity index (χ1) is 12.9. The summed E-state index contributed by atoms with van der Waals surface area (Å²) in [6.07, 6.45) is 4.41. The first-order valence-corrected chi connectivity index (χ1v) is 10.9. The van der Waals surface area contributed by atoms with Crippen LogP contribution < -0.4 is 4.72 Å². The van der Waals surface area contributed by atoms with Gasteiger partial charge in [-0.3, -0.25) is 4.98 Å². The molecule has 27 heavy (non-hydrogen) atoms. The number of hydrogen-bond donors (Lipinski definition) is 1. The molecule has 0 spiro atoms. The van der Waals surface area contributed by atoms with Gasteiger partial charge in [-0.05, 0) is 30.0 Å². The molecule has 2 saturated carbocycles. The maximum absolute atomic E-state index is 14.3. The summed E-state index contributed by atoms with van der Waals surface area (Å²) >= 11 is 0. The van der Waals surface area contributed by atoms with Gasteiger partial charge in [0.2, 0.25) is 10.0 Å². The van der Waals surface area contributed by atoms with Crippen molar-refractivity contribution in [3.63, 3.8) is 0 Å². The van der Waals surface area contributed by atoms with Crippen LogP contribution in [-0.4, -0.2) is 25.1 Å². The highest BCUT2D eigenvalue weighted by Crippen LogP contribution is 2.61. The summed E-state index contributed by atoms with van der Waals surface area (Å²) in [6, 6.07) is 13.3. The fraction of sp³-hybridized carbons (Fsp3) is 0.450. The lowest BCUT2D eigenvalue weighted by Crippen LogP contribution is -2.32. The van der Waals surface area contributed by atoms with Crippen LogP contribution in [0.25, 0.3) is 0 Å². The van der Waals surface area contributed by atoms with Crippen molar-refractivity contribution in [2.45, 2.75) is 37.1 Å². The molecule has 0 amide bonds. The summed E-state index contributed by atoms with van der Waals surface area (Å²) < 4.78 is 56.5. The number of hydrogen-bond acceptors (Lipinski definition) is 3. The Morgan fingerprint density at radius 2 is 1.81 bits per heavy atom. The molecular weight excluding hydrogens is 370 g/mol. The Balaban J connectivity index is 1.48. The number of alkyl halides is 2. The summed E-state index contributed by atoms with van der Waals surface area (Å²) in [6.45, 7) is 0.